The van der Waals surface area contributed by atoms with E-state index in [4.69, 9.17) is 9.47 Å². The predicted molar refractivity (Wildman–Crippen MR) is 136 cm³/mol. The van der Waals surface area contributed by atoms with Gasteiger partial charge in [0.25, 0.3) is 0 Å². The molecule has 0 bridgehead atoms. The molecule has 0 radical (unpaired) electrons. The van der Waals surface area contributed by atoms with Crippen molar-refractivity contribution in [3.63, 3.8) is 0 Å². The third-order valence-corrected chi connectivity index (χ3v) is 5.86. The highest BCUT2D eigenvalue weighted by atomic mass is 16.5. The number of carbonyl (C=O) groups excluding carboxylic acids is 2. The van der Waals surface area contributed by atoms with Crippen LogP contribution in [0, 0.1) is 0 Å². The number of phenolic OH excluding ortho intramolecular Hbond substituents is 3. The van der Waals surface area contributed by atoms with Gasteiger partial charge in [0.2, 0.25) is 0 Å². The van der Waals surface area contributed by atoms with E-state index < -0.39 is 29.2 Å². The van der Waals surface area contributed by atoms with Gasteiger partial charge in [0.1, 0.15) is 28.6 Å². The molecule has 0 saturated heterocycles. The highest BCUT2D eigenvalue weighted by Gasteiger charge is 2.29. The summed E-state index contributed by atoms with van der Waals surface area (Å²) < 4.78 is 10.2. The third-order valence-electron chi connectivity index (χ3n) is 5.86. The number of carbonyl (C=O) groups is 2. The first-order valence-electron chi connectivity index (χ1n) is 11.4. The molecule has 188 valence electrons. The largest absolute Gasteiger partial charge is 0.508 e. The summed E-state index contributed by atoms with van der Waals surface area (Å²) in [6, 6.07) is 15.1. The number of benzene rings is 3. The second kappa shape index (κ2) is 11.4. The molecule has 0 fully saturated rings. The number of aromatic hydroxyl groups is 3. The SMILES string of the molecule is COC(=O)c1ccc([C@H](C=C(C)C)c2c(OC)cc(O)c(C(=O)CCc3ccccc3)c2O)c(O)c1. The van der Waals surface area contributed by atoms with Gasteiger partial charge in [0.05, 0.1) is 19.8 Å². The van der Waals surface area contributed by atoms with Crippen LogP contribution in [0.1, 0.15) is 63.6 Å². The van der Waals surface area contributed by atoms with E-state index >= 15 is 0 Å². The van der Waals surface area contributed by atoms with Gasteiger partial charge in [-0.15, -0.1) is 0 Å². The second-order valence-electron chi connectivity index (χ2n) is 8.63. The molecule has 0 aliphatic heterocycles. The van der Waals surface area contributed by atoms with E-state index in [0.717, 1.165) is 11.1 Å². The summed E-state index contributed by atoms with van der Waals surface area (Å²) in [6.07, 6.45) is 2.30. The van der Waals surface area contributed by atoms with Gasteiger partial charge in [-0.25, -0.2) is 4.79 Å². The molecule has 0 unspecified atom stereocenters. The maximum absolute atomic E-state index is 13.1. The molecule has 7 heteroatoms. The average Bonchev–Trinajstić information content (AvgIpc) is 2.86. The zero-order valence-corrected chi connectivity index (χ0v) is 20.7. The quantitative estimate of drug-likeness (QED) is 0.206. The average molecular weight is 491 g/mol. The standard InChI is InChI=1S/C29H30O7/c1-17(2)14-21(20-12-11-19(15-23(20)31)29(34)36-4)26-25(35-3)16-24(32)27(28(26)33)22(30)13-10-18-8-6-5-7-9-18/h5-9,11-12,14-16,21,31-33H,10,13H2,1-4H3/t21-/m0/s1. The number of rotatable bonds is 9. The van der Waals surface area contributed by atoms with Gasteiger partial charge < -0.3 is 24.8 Å². The van der Waals surface area contributed by atoms with Crippen LogP contribution < -0.4 is 4.74 Å². The zero-order valence-electron chi connectivity index (χ0n) is 20.7. The molecule has 0 spiro atoms. The van der Waals surface area contributed by atoms with Crippen LogP contribution in [0.25, 0.3) is 0 Å². The van der Waals surface area contributed by atoms with E-state index in [9.17, 15) is 24.9 Å². The number of Topliss-reactive ketones (excluding diaryl/α,β-unsaturated/α-hetero) is 1. The molecular weight excluding hydrogens is 460 g/mol. The van der Waals surface area contributed by atoms with Crippen molar-refractivity contribution in [3.05, 3.63) is 94.1 Å². The minimum Gasteiger partial charge on any atom is -0.508 e. The topological polar surface area (TPSA) is 113 Å². The van der Waals surface area contributed by atoms with Crippen molar-refractivity contribution in [1.29, 1.82) is 0 Å². The fourth-order valence-electron chi connectivity index (χ4n) is 4.13. The number of hydrogen-bond donors (Lipinski definition) is 3. The lowest BCUT2D eigenvalue weighted by atomic mass is 9.85. The Morgan fingerprint density at radius 3 is 2.22 bits per heavy atom. The number of ether oxygens (including phenoxy) is 2. The third kappa shape index (κ3) is 5.68. The Bertz CT molecular complexity index is 1290. The summed E-state index contributed by atoms with van der Waals surface area (Å²) in [7, 11) is 2.63. The van der Waals surface area contributed by atoms with Gasteiger partial charge in [-0.3, -0.25) is 4.79 Å². The van der Waals surface area contributed by atoms with E-state index in [-0.39, 0.29) is 34.6 Å². The minimum atomic E-state index is -0.752. The Kier molecular flexibility index (Phi) is 8.38. The van der Waals surface area contributed by atoms with Crippen molar-refractivity contribution in [2.24, 2.45) is 0 Å². The van der Waals surface area contributed by atoms with Crippen molar-refractivity contribution in [1.82, 2.24) is 0 Å². The lowest BCUT2D eigenvalue weighted by Crippen LogP contribution is -2.09. The van der Waals surface area contributed by atoms with Crippen molar-refractivity contribution < 1.29 is 34.4 Å². The molecule has 0 amide bonds. The Morgan fingerprint density at radius 1 is 0.944 bits per heavy atom. The summed E-state index contributed by atoms with van der Waals surface area (Å²) in [5.74, 6) is -2.67. The molecule has 3 rings (SSSR count). The summed E-state index contributed by atoms with van der Waals surface area (Å²) in [5.41, 5.74) is 2.35. The number of allylic oxidation sites excluding steroid dienone is 2. The number of phenols is 3. The van der Waals surface area contributed by atoms with Crippen LogP contribution in [0.3, 0.4) is 0 Å². The molecule has 1 atom stereocenters. The van der Waals surface area contributed by atoms with Gasteiger partial charge >= 0.3 is 5.97 Å². The van der Waals surface area contributed by atoms with Gasteiger partial charge in [-0.2, -0.15) is 0 Å². The van der Waals surface area contributed by atoms with Crippen molar-refractivity contribution in [3.8, 4) is 23.0 Å². The van der Waals surface area contributed by atoms with Crippen LogP contribution in [0.15, 0.2) is 66.2 Å². The Labute approximate surface area is 210 Å². The molecule has 0 heterocycles. The van der Waals surface area contributed by atoms with E-state index in [0.29, 0.717) is 12.0 Å². The smallest absolute Gasteiger partial charge is 0.337 e. The highest BCUT2D eigenvalue weighted by Crippen LogP contribution is 2.47. The fourth-order valence-corrected chi connectivity index (χ4v) is 4.13. The number of aryl methyl sites for hydroxylation is 1. The van der Waals surface area contributed by atoms with E-state index in [2.05, 4.69) is 0 Å². The molecule has 3 aromatic rings. The predicted octanol–water partition coefficient (Wildman–Crippen LogP) is 5.51. The Morgan fingerprint density at radius 2 is 1.64 bits per heavy atom. The summed E-state index contributed by atoms with van der Waals surface area (Å²) in [6.45, 7) is 3.70. The van der Waals surface area contributed by atoms with E-state index in [1.165, 1.54) is 32.4 Å². The number of esters is 1. The molecule has 3 N–H and O–H groups in total. The first kappa shape index (κ1) is 26.3. The van der Waals surface area contributed by atoms with E-state index in [1.54, 1.807) is 12.1 Å². The summed E-state index contributed by atoms with van der Waals surface area (Å²) >= 11 is 0. The van der Waals surface area contributed by atoms with Gasteiger partial charge in [-0.1, -0.05) is 48.0 Å². The van der Waals surface area contributed by atoms with Crippen molar-refractivity contribution >= 4 is 11.8 Å². The maximum Gasteiger partial charge on any atom is 0.337 e. The van der Waals surface area contributed by atoms with Crippen LogP contribution in [0.2, 0.25) is 0 Å². The first-order valence-corrected chi connectivity index (χ1v) is 11.4. The first-order chi connectivity index (χ1) is 17.2. The molecule has 0 aliphatic rings. The Balaban J connectivity index is 2.13. The summed E-state index contributed by atoms with van der Waals surface area (Å²) in [5, 5.41) is 32.8. The molecule has 0 saturated carbocycles. The van der Waals surface area contributed by atoms with E-state index in [1.807, 2.05) is 44.2 Å². The van der Waals surface area contributed by atoms with Gasteiger partial charge in [-0.05, 0) is 38.0 Å². The highest BCUT2D eigenvalue weighted by molar-refractivity contribution is 6.02. The molecule has 0 aliphatic carbocycles. The maximum atomic E-state index is 13.1. The number of hydrogen-bond acceptors (Lipinski definition) is 7. The lowest BCUT2D eigenvalue weighted by Gasteiger charge is -2.22. The minimum absolute atomic E-state index is 0.0727. The monoisotopic (exact) mass is 490 g/mol. The zero-order chi connectivity index (χ0) is 26.4. The Hall–Kier alpha value is -4.26. The van der Waals surface area contributed by atoms with Crippen molar-refractivity contribution in [2.45, 2.75) is 32.6 Å². The molecule has 3 aromatic carbocycles. The van der Waals surface area contributed by atoms with Crippen LogP contribution in [-0.4, -0.2) is 41.3 Å². The van der Waals surface area contributed by atoms with Gasteiger partial charge in [0, 0.05) is 29.5 Å². The van der Waals surface area contributed by atoms with Gasteiger partial charge in [0.15, 0.2) is 5.78 Å². The normalized spacial score (nSPS) is 11.4. The van der Waals surface area contributed by atoms with Crippen LogP contribution >= 0.6 is 0 Å². The lowest BCUT2D eigenvalue weighted by molar-refractivity contribution is 0.0600. The molecule has 7 nitrogen and oxygen atoms in total. The fraction of sp³-hybridized carbons (Fsp3) is 0.241. The second-order valence-corrected chi connectivity index (χ2v) is 8.63. The number of ketones is 1. The number of methoxy groups -OCH3 is 2. The van der Waals surface area contributed by atoms with Crippen LogP contribution in [0.5, 0.6) is 23.0 Å². The van der Waals surface area contributed by atoms with Crippen LogP contribution in [-0.2, 0) is 11.2 Å². The molecule has 0 aromatic heterocycles. The molecular formula is C29H30O7. The van der Waals surface area contributed by atoms with Crippen molar-refractivity contribution in [2.75, 3.05) is 14.2 Å². The molecule has 36 heavy (non-hydrogen) atoms. The summed E-state index contributed by atoms with van der Waals surface area (Å²) in [4.78, 5) is 25.0. The van der Waals surface area contributed by atoms with Crippen LogP contribution in [0.4, 0.5) is 0 Å².